The van der Waals surface area contributed by atoms with Crippen molar-refractivity contribution in [3.8, 4) is 0 Å². The number of hydrogen-bond donors (Lipinski definition) is 0. The van der Waals surface area contributed by atoms with Gasteiger partial charge in [0.15, 0.2) is 0 Å². The van der Waals surface area contributed by atoms with Gasteiger partial charge in [0.2, 0.25) is 0 Å². The van der Waals surface area contributed by atoms with Crippen LogP contribution in [-0.2, 0) is 0 Å². The first kappa shape index (κ1) is 7.67. The molecule has 0 saturated carbocycles. The number of hydrogen-bond acceptors (Lipinski definition) is 1. The van der Waals surface area contributed by atoms with Crippen molar-refractivity contribution in [2.24, 2.45) is 0 Å². The Morgan fingerprint density at radius 2 is 2.40 bits per heavy atom. The van der Waals surface area contributed by atoms with Crippen molar-refractivity contribution in [1.82, 2.24) is 0 Å². The van der Waals surface area contributed by atoms with E-state index in [0.717, 1.165) is 12.2 Å². The third-order valence-corrected chi connectivity index (χ3v) is 2.28. The fourth-order valence-corrected chi connectivity index (χ4v) is 1.54. The van der Waals surface area contributed by atoms with Crippen LogP contribution in [0.1, 0.15) is 13.3 Å². The van der Waals surface area contributed by atoms with Crippen molar-refractivity contribution in [1.29, 1.82) is 0 Å². The van der Waals surface area contributed by atoms with Gasteiger partial charge >= 0.3 is 0 Å². The number of thioether (sulfide) groups is 1. The maximum Gasteiger partial charge on any atom is 0.00353 e. The van der Waals surface area contributed by atoms with E-state index in [1.807, 2.05) is 11.8 Å². The maximum absolute atomic E-state index is 3.87. The van der Waals surface area contributed by atoms with Crippen molar-refractivity contribution in [3.05, 3.63) is 35.3 Å². The van der Waals surface area contributed by atoms with Gasteiger partial charge in [-0.15, -0.1) is 11.8 Å². The summed E-state index contributed by atoms with van der Waals surface area (Å²) in [4.78, 5) is 1.38. The lowest BCUT2D eigenvalue weighted by molar-refractivity contribution is 1.27. The third kappa shape index (κ3) is 2.07. The summed E-state index contributed by atoms with van der Waals surface area (Å²) in [6, 6.07) is 0. The summed E-state index contributed by atoms with van der Waals surface area (Å²) in [6.45, 7) is 6.04. The summed E-state index contributed by atoms with van der Waals surface area (Å²) in [7, 11) is 0. The molecule has 0 unspecified atom stereocenters. The molecule has 0 aromatic heterocycles. The van der Waals surface area contributed by atoms with Crippen molar-refractivity contribution in [3.63, 3.8) is 0 Å². The first-order valence-corrected chi connectivity index (χ1v) is 4.50. The molecule has 1 heteroatoms. The lowest BCUT2D eigenvalue weighted by Gasteiger charge is -2.05. The van der Waals surface area contributed by atoms with E-state index in [9.17, 15) is 0 Å². The SMILES string of the molecule is C=C1C=CC(SCC)=CC1. The van der Waals surface area contributed by atoms with Crippen LogP contribution in [0.4, 0.5) is 0 Å². The molecule has 0 atom stereocenters. The van der Waals surface area contributed by atoms with Crippen molar-refractivity contribution in [2.45, 2.75) is 13.3 Å². The van der Waals surface area contributed by atoms with Crippen molar-refractivity contribution < 1.29 is 0 Å². The molecule has 0 aromatic rings. The fraction of sp³-hybridized carbons (Fsp3) is 0.333. The van der Waals surface area contributed by atoms with Crippen LogP contribution in [0.15, 0.2) is 35.3 Å². The quantitative estimate of drug-likeness (QED) is 0.585. The maximum atomic E-state index is 3.87. The lowest BCUT2D eigenvalue weighted by Crippen LogP contribution is -1.83. The molecule has 0 fully saturated rings. The number of rotatable bonds is 2. The standard InChI is InChI=1S/C9H12S/c1-3-10-9-6-4-8(2)5-7-9/h4,6-7H,2-3,5H2,1H3. The van der Waals surface area contributed by atoms with E-state index < -0.39 is 0 Å². The van der Waals surface area contributed by atoms with Gasteiger partial charge in [-0.1, -0.05) is 31.2 Å². The predicted octanol–water partition coefficient (Wildman–Crippen LogP) is 3.14. The Morgan fingerprint density at radius 3 is 2.90 bits per heavy atom. The molecule has 0 nitrogen and oxygen atoms in total. The van der Waals surface area contributed by atoms with Crippen molar-refractivity contribution >= 4 is 11.8 Å². The Kier molecular flexibility index (Phi) is 2.82. The summed E-state index contributed by atoms with van der Waals surface area (Å²) < 4.78 is 0. The molecular formula is C9H12S. The molecule has 0 amide bonds. The minimum absolute atomic E-state index is 1.03. The Hall–Kier alpha value is -0.430. The summed E-state index contributed by atoms with van der Waals surface area (Å²) in [5.41, 5.74) is 1.21. The van der Waals surface area contributed by atoms with Crippen LogP contribution in [0.3, 0.4) is 0 Å². The van der Waals surface area contributed by atoms with E-state index in [-0.39, 0.29) is 0 Å². The van der Waals surface area contributed by atoms with Gasteiger partial charge in [0.25, 0.3) is 0 Å². The molecule has 0 aromatic carbocycles. The average Bonchev–Trinajstić information content (AvgIpc) is 1.95. The highest BCUT2D eigenvalue weighted by Crippen LogP contribution is 2.22. The van der Waals surface area contributed by atoms with E-state index >= 15 is 0 Å². The minimum Gasteiger partial charge on any atom is -0.127 e. The van der Waals surface area contributed by atoms with Crippen LogP contribution in [-0.4, -0.2) is 5.75 Å². The van der Waals surface area contributed by atoms with Gasteiger partial charge in [0.05, 0.1) is 0 Å². The van der Waals surface area contributed by atoms with Gasteiger partial charge < -0.3 is 0 Å². The van der Waals surface area contributed by atoms with Gasteiger partial charge in [-0.3, -0.25) is 0 Å². The smallest absolute Gasteiger partial charge is 0.00353 e. The highest BCUT2D eigenvalue weighted by molar-refractivity contribution is 8.03. The summed E-state index contributed by atoms with van der Waals surface area (Å²) >= 11 is 1.89. The highest BCUT2D eigenvalue weighted by atomic mass is 32.2. The van der Waals surface area contributed by atoms with E-state index in [1.165, 1.54) is 10.5 Å². The lowest BCUT2D eigenvalue weighted by atomic mass is 10.1. The fourth-order valence-electron chi connectivity index (χ4n) is 0.841. The zero-order valence-corrected chi connectivity index (χ0v) is 7.08. The molecular weight excluding hydrogens is 140 g/mol. The molecule has 0 aliphatic heterocycles. The third-order valence-electron chi connectivity index (χ3n) is 1.36. The molecule has 54 valence electrons. The molecule has 0 heterocycles. The summed E-state index contributed by atoms with van der Waals surface area (Å²) in [5, 5.41) is 0. The molecule has 0 spiro atoms. The highest BCUT2D eigenvalue weighted by Gasteiger charge is 1.97. The second-order valence-electron chi connectivity index (χ2n) is 2.24. The first-order valence-electron chi connectivity index (χ1n) is 3.51. The molecule has 0 saturated heterocycles. The minimum atomic E-state index is 1.03. The van der Waals surface area contributed by atoms with Crippen molar-refractivity contribution in [2.75, 3.05) is 5.75 Å². The molecule has 0 bridgehead atoms. The Balaban J connectivity index is 2.50. The van der Waals surface area contributed by atoms with E-state index in [0.29, 0.717) is 0 Å². The van der Waals surface area contributed by atoms with Crippen LogP contribution in [0, 0.1) is 0 Å². The predicted molar refractivity (Wildman–Crippen MR) is 49.1 cm³/mol. The molecule has 1 aliphatic carbocycles. The largest absolute Gasteiger partial charge is 0.127 e. The monoisotopic (exact) mass is 152 g/mol. The van der Waals surface area contributed by atoms with Crippen LogP contribution in [0.25, 0.3) is 0 Å². The molecule has 0 N–H and O–H groups in total. The van der Waals surface area contributed by atoms with E-state index in [1.54, 1.807) is 0 Å². The Morgan fingerprint density at radius 1 is 1.60 bits per heavy atom. The van der Waals surface area contributed by atoms with E-state index in [2.05, 4.69) is 31.7 Å². The van der Waals surface area contributed by atoms with E-state index in [4.69, 9.17) is 0 Å². The zero-order chi connectivity index (χ0) is 7.40. The van der Waals surface area contributed by atoms with Gasteiger partial charge in [-0.25, -0.2) is 0 Å². The van der Waals surface area contributed by atoms with Crippen LogP contribution < -0.4 is 0 Å². The summed E-state index contributed by atoms with van der Waals surface area (Å²) in [5.74, 6) is 1.16. The molecule has 0 radical (unpaired) electrons. The average molecular weight is 152 g/mol. The Labute approximate surface area is 66.7 Å². The first-order chi connectivity index (χ1) is 4.83. The van der Waals surface area contributed by atoms with Gasteiger partial charge in [-0.2, -0.15) is 0 Å². The molecule has 1 aliphatic rings. The molecule has 1 rings (SSSR count). The second-order valence-corrected chi connectivity index (χ2v) is 3.57. The van der Waals surface area contributed by atoms with Crippen LogP contribution >= 0.6 is 11.8 Å². The van der Waals surface area contributed by atoms with Gasteiger partial charge in [-0.05, 0) is 18.2 Å². The second kappa shape index (κ2) is 3.67. The number of allylic oxidation sites excluding steroid dienone is 4. The normalized spacial score (nSPS) is 17.3. The van der Waals surface area contributed by atoms with Crippen LogP contribution in [0.2, 0.25) is 0 Å². The Bertz CT molecular complexity index is 187. The topological polar surface area (TPSA) is 0 Å². The zero-order valence-electron chi connectivity index (χ0n) is 6.26. The van der Waals surface area contributed by atoms with Crippen LogP contribution in [0.5, 0.6) is 0 Å². The van der Waals surface area contributed by atoms with Gasteiger partial charge in [0.1, 0.15) is 0 Å². The molecule has 10 heavy (non-hydrogen) atoms. The summed E-state index contributed by atoms with van der Waals surface area (Å²) in [6.07, 6.45) is 7.49. The van der Waals surface area contributed by atoms with Gasteiger partial charge in [0, 0.05) is 4.91 Å².